The van der Waals surface area contributed by atoms with E-state index in [9.17, 15) is 9.59 Å². The molecule has 0 aromatic heterocycles. The number of ether oxygens (including phenoxy) is 1. The zero-order valence-corrected chi connectivity index (χ0v) is 16.6. The third-order valence-corrected chi connectivity index (χ3v) is 4.89. The first-order valence-corrected chi connectivity index (χ1v) is 9.85. The van der Waals surface area contributed by atoms with E-state index in [4.69, 9.17) is 16.3 Å². The molecule has 1 unspecified atom stereocenters. The largest absolute Gasteiger partial charge is 0.481 e. The SMILES string of the molecule is CC(Oc1ccc(C(C)C)cc1)C(=O)N1CCC(NC(=O)CCCl)CC1. The molecule has 1 saturated heterocycles. The van der Waals surface area contributed by atoms with Gasteiger partial charge in [0.1, 0.15) is 5.75 Å². The summed E-state index contributed by atoms with van der Waals surface area (Å²) in [4.78, 5) is 26.0. The maximum Gasteiger partial charge on any atom is 0.263 e. The van der Waals surface area contributed by atoms with E-state index in [1.807, 2.05) is 29.2 Å². The van der Waals surface area contributed by atoms with Gasteiger partial charge in [-0.25, -0.2) is 0 Å². The predicted molar refractivity (Wildman–Crippen MR) is 104 cm³/mol. The summed E-state index contributed by atoms with van der Waals surface area (Å²) in [6, 6.07) is 8.02. The van der Waals surface area contributed by atoms with Crippen molar-refractivity contribution in [2.24, 2.45) is 0 Å². The summed E-state index contributed by atoms with van der Waals surface area (Å²) in [6.07, 6.45) is 1.33. The molecule has 0 spiro atoms. The minimum absolute atomic E-state index is 0.0107. The van der Waals surface area contributed by atoms with Gasteiger partial charge in [0.2, 0.25) is 5.91 Å². The topological polar surface area (TPSA) is 58.6 Å². The van der Waals surface area contributed by atoms with Crippen molar-refractivity contribution in [3.8, 4) is 5.75 Å². The Kier molecular flexibility index (Phi) is 7.76. The quantitative estimate of drug-likeness (QED) is 0.738. The zero-order chi connectivity index (χ0) is 19.1. The number of amides is 2. The number of carbonyl (C=O) groups excluding carboxylic acids is 2. The highest BCUT2D eigenvalue weighted by Crippen LogP contribution is 2.20. The van der Waals surface area contributed by atoms with Crippen LogP contribution < -0.4 is 10.1 Å². The number of benzene rings is 1. The standard InChI is InChI=1S/C20H29ClN2O3/c1-14(2)16-4-6-18(7-5-16)26-15(3)20(25)23-12-9-17(10-13-23)22-19(24)8-11-21/h4-7,14-15,17H,8-13H2,1-3H3,(H,22,24). The van der Waals surface area contributed by atoms with Crippen LogP contribution in [-0.2, 0) is 9.59 Å². The van der Waals surface area contributed by atoms with Crippen LogP contribution in [-0.4, -0.2) is 47.8 Å². The number of halogens is 1. The Balaban J connectivity index is 1.80. The summed E-state index contributed by atoms with van der Waals surface area (Å²) in [5.41, 5.74) is 1.25. The van der Waals surface area contributed by atoms with Gasteiger partial charge in [-0.05, 0) is 43.4 Å². The molecule has 0 bridgehead atoms. The number of hydrogen-bond donors (Lipinski definition) is 1. The number of carbonyl (C=O) groups is 2. The predicted octanol–water partition coefficient (Wildman–Crippen LogP) is 3.31. The summed E-state index contributed by atoms with van der Waals surface area (Å²) >= 11 is 5.58. The number of nitrogens with one attached hydrogen (secondary N) is 1. The highest BCUT2D eigenvalue weighted by atomic mass is 35.5. The number of rotatable bonds is 7. The van der Waals surface area contributed by atoms with Gasteiger partial charge < -0.3 is 15.0 Å². The second-order valence-corrected chi connectivity index (χ2v) is 7.47. The molecule has 5 nitrogen and oxygen atoms in total. The molecule has 1 atom stereocenters. The second-order valence-electron chi connectivity index (χ2n) is 7.09. The Morgan fingerprint density at radius 1 is 1.19 bits per heavy atom. The molecule has 1 aliphatic rings. The fourth-order valence-electron chi connectivity index (χ4n) is 3.07. The van der Waals surface area contributed by atoms with Gasteiger partial charge in [-0.1, -0.05) is 26.0 Å². The lowest BCUT2D eigenvalue weighted by Crippen LogP contribution is -2.49. The first-order chi connectivity index (χ1) is 12.4. The molecule has 2 amide bonds. The minimum atomic E-state index is -0.526. The van der Waals surface area contributed by atoms with E-state index in [0.29, 0.717) is 37.1 Å². The highest BCUT2D eigenvalue weighted by Gasteiger charge is 2.27. The molecule has 1 aliphatic heterocycles. The summed E-state index contributed by atoms with van der Waals surface area (Å²) in [5, 5.41) is 2.97. The smallest absolute Gasteiger partial charge is 0.263 e. The maximum atomic E-state index is 12.6. The molecular formula is C20H29ClN2O3. The Morgan fingerprint density at radius 2 is 1.81 bits per heavy atom. The molecule has 1 aromatic rings. The zero-order valence-electron chi connectivity index (χ0n) is 15.8. The first kappa shape index (κ1) is 20.6. The Morgan fingerprint density at radius 3 is 2.35 bits per heavy atom. The molecule has 1 aromatic carbocycles. The van der Waals surface area contributed by atoms with Crippen molar-refractivity contribution in [2.75, 3.05) is 19.0 Å². The lowest BCUT2D eigenvalue weighted by atomic mass is 10.0. The molecule has 144 valence electrons. The minimum Gasteiger partial charge on any atom is -0.481 e. The van der Waals surface area contributed by atoms with Gasteiger partial charge in [0, 0.05) is 31.4 Å². The van der Waals surface area contributed by atoms with Crippen molar-refractivity contribution in [1.29, 1.82) is 0 Å². The van der Waals surface area contributed by atoms with Crippen LogP contribution in [0.1, 0.15) is 51.5 Å². The van der Waals surface area contributed by atoms with Gasteiger partial charge in [0.05, 0.1) is 0 Å². The van der Waals surface area contributed by atoms with E-state index in [1.165, 1.54) is 5.56 Å². The van der Waals surface area contributed by atoms with Gasteiger partial charge in [-0.15, -0.1) is 11.6 Å². The second kappa shape index (κ2) is 9.81. The van der Waals surface area contributed by atoms with Gasteiger partial charge >= 0.3 is 0 Å². The molecule has 0 saturated carbocycles. The van der Waals surface area contributed by atoms with Crippen LogP contribution >= 0.6 is 11.6 Å². The average Bonchev–Trinajstić information content (AvgIpc) is 2.62. The molecule has 0 radical (unpaired) electrons. The Bertz CT molecular complexity index is 596. The van der Waals surface area contributed by atoms with Crippen molar-refractivity contribution in [1.82, 2.24) is 10.2 Å². The van der Waals surface area contributed by atoms with Crippen LogP contribution in [0.5, 0.6) is 5.75 Å². The third-order valence-electron chi connectivity index (χ3n) is 4.70. The van der Waals surface area contributed by atoms with Crippen LogP contribution in [0.25, 0.3) is 0 Å². The maximum absolute atomic E-state index is 12.6. The molecule has 1 fully saturated rings. The molecule has 2 rings (SSSR count). The Hall–Kier alpha value is -1.75. The molecule has 26 heavy (non-hydrogen) atoms. The van der Waals surface area contributed by atoms with Crippen LogP contribution in [0.15, 0.2) is 24.3 Å². The fourth-order valence-corrected chi connectivity index (χ4v) is 3.24. The highest BCUT2D eigenvalue weighted by molar-refractivity contribution is 6.18. The number of alkyl halides is 1. The first-order valence-electron chi connectivity index (χ1n) is 9.31. The van der Waals surface area contributed by atoms with Gasteiger partial charge in [-0.3, -0.25) is 9.59 Å². The number of likely N-dealkylation sites (tertiary alicyclic amines) is 1. The van der Waals surface area contributed by atoms with Crippen LogP contribution in [0, 0.1) is 0 Å². The van der Waals surface area contributed by atoms with Gasteiger partial charge in [0.15, 0.2) is 6.10 Å². The van der Waals surface area contributed by atoms with E-state index in [1.54, 1.807) is 6.92 Å². The van der Waals surface area contributed by atoms with Crippen LogP contribution in [0.2, 0.25) is 0 Å². The summed E-state index contributed by atoms with van der Waals surface area (Å²) in [7, 11) is 0. The Labute approximate surface area is 161 Å². The van der Waals surface area contributed by atoms with Crippen LogP contribution in [0.3, 0.4) is 0 Å². The summed E-state index contributed by atoms with van der Waals surface area (Å²) in [5.74, 6) is 1.47. The molecule has 1 heterocycles. The van der Waals surface area contributed by atoms with Crippen LogP contribution in [0.4, 0.5) is 0 Å². The van der Waals surface area contributed by atoms with E-state index in [2.05, 4.69) is 19.2 Å². The van der Waals surface area contributed by atoms with Crippen molar-refractivity contribution < 1.29 is 14.3 Å². The van der Waals surface area contributed by atoms with Crippen molar-refractivity contribution in [3.05, 3.63) is 29.8 Å². The number of hydrogen-bond acceptors (Lipinski definition) is 3. The van der Waals surface area contributed by atoms with Crippen molar-refractivity contribution in [2.45, 2.75) is 58.1 Å². The van der Waals surface area contributed by atoms with E-state index in [-0.39, 0.29) is 17.9 Å². The van der Waals surface area contributed by atoms with Gasteiger partial charge in [0.25, 0.3) is 5.91 Å². The van der Waals surface area contributed by atoms with Gasteiger partial charge in [-0.2, -0.15) is 0 Å². The summed E-state index contributed by atoms with van der Waals surface area (Å²) in [6.45, 7) is 7.33. The molecule has 1 N–H and O–H groups in total. The molecule has 0 aliphatic carbocycles. The third kappa shape index (κ3) is 5.90. The van der Waals surface area contributed by atoms with E-state index >= 15 is 0 Å². The molecule has 6 heteroatoms. The van der Waals surface area contributed by atoms with Crippen molar-refractivity contribution in [3.63, 3.8) is 0 Å². The normalized spacial score (nSPS) is 16.4. The fraction of sp³-hybridized carbons (Fsp3) is 0.600. The monoisotopic (exact) mass is 380 g/mol. The van der Waals surface area contributed by atoms with E-state index < -0.39 is 6.10 Å². The molecular weight excluding hydrogens is 352 g/mol. The lowest BCUT2D eigenvalue weighted by Gasteiger charge is -2.33. The lowest BCUT2D eigenvalue weighted by molar-refractivity contribution is -0.139. The number of nitrogens with zero attached hydrogens (tertiary/aromatic N) is 1. The summed E-state index contributed by atoms with van der Waals surface area (Å²) < 4.78 is 5.81. The number of piperidine rings is 1. The van der Waals surface area contributed by atoms with E-state index in [0.717, 1.165) is 12.8 Å². The average molecular weight is 381 g/mol. The van der Waals surface area contributed by atoms with Crippen molar-refractivity contribution >= 4 is 23.4 Å².